The van der Waals surface area contributed by atoms with Gasteiger partial charge in [-0.05, 0) is 38.7 Å². The number of hydrogen-bond donors (Lipinski definition) is 0. The molecule has 1 heterocycles. The van der Waals surface area contributed by atoms with Gasteiger partial charge >= 0.3 is 0 Å². The van der Waals surface area contributed by atoms with E-state index in [1.807, 2.05) is 18.7 Å². The van der Waals surface area contributed by atoms with Gasteiger partial charge in [-0.3, -0.25) is 4.79 Å². The van der Waals surface area contributed by atoms with Crippen molar-refractivity contribution < 1.29 is 4.79 Å². The highest BCUT2D eigenvalue weighted by Crippen LogP contribution is 2.28. The molecule has 1 fully saturated rings. The van der Waals surface area contributed by atoms with Crippen LogP contribution in [-0.2, 0) is 0 Å². The molecule has 0 bridgehead atoms. The standard InChI is InChI=1S/C15H23N3O/c1-4-18(14-8-6-5-7-11(14)2)15(19)13-9-10-16-12(3)17-13/h9-11,14H,4-8H2,1-3H3/t11-,14-/m0/s1. The minimum atomic E-state index is 0.0479. The summed E-state index contributed by atoms with van der Waals surface area (Å²) < 4.78 is 0. The summed E-state index contributed by atoms with van der Waals surface area (Å²) in [7, 11) is 0. The van der Waals surface area contributed by atoms with Gasteiger partial charge in [-0.25, -0.2) is 9.97 Å². The molecule has 4 heteroatoms. The molecule has 1 aromatic heterocycles. The molecule has 2 atom stereocenters. The Hall–Kier alpha value is -1.45. The van der Waals surface area contributed by atoms with Crippen molar-refractivity contribution in [1.82, 2.24) is 14.9 Å². The summed E-state index contributed by atoms with van der Waals surface area (Å²) in [5.41, 5.74) is 0.520. The molecule has 4 nitrogen and oxygen atoms in total. The molecule has 0 aromatic carbocycles. The van der Waals surface area contributed by atoms with Gasteiger partial charge in [-0.15, -0.1) is 0 Å². The van der Waals surface area contributed by atoms with Gasteiger partial charge in [0.1, 0.15) is 11.5 Å². The molecule has 2 rings (SSSR count). The molecule has 0 unspecified atom stereocenters. The average Bonchev–Trinajstić information content (AvgIpc) is 2.41. The molecule has 1 saturated carbocycles. The fourth-order valence-electron chi connectivity index (χ4n) is 3.01. The van der Waals surface area contributed by atoms with Gasteiger partial charge in [-0.1, -0.05) is 19.8 Å². The van der Waals surface area contributed by atoms with E-state index in [0.29, 0.717) is 23.5 Å². The van der Waals surface area contributed by atoms with Gasteiger partial charge in [0, 0.05) is 18.8 Å². The van der Waals surface area contributed by atoms with Crippen LogP contribution >= 0.6 is 0 Å². The lowest BCUT2D eigenvalue weighted by atomic mass is 9.84. The number of carbonyl (C=O) groups excluding carboxylic acids is 1. The second-order valence-electron chi connectivity index (χ2n) is 5.41. The normalized spacial score (nSPS) is 23.1. The molecule has 1 aliphatic carbocycles. The Balaban J connectivity index is 2.19. The van der Waals surface area contributed by atoms with Gasteiger partial charge in [-0.2, -0.15) is 0 Å². The van der Waals surface area contributed by atoms with Crippen molar-refractivity contribution in [3.63, 3.8) is 0 Å². The summed E-state index contributed by atoms with van der Waals surface area (Å²) >= 11 is 0. The summed E-state index contributed by atoms with van der Waals surface area (Å²) in [5, 5.41) is 0. The zero-order chi connectivity index (χ0) is 13.8. The molecule has 0 spiro atoms. The number of nitrogens with zero attached hydrogens (tertiary/aromatic N) is 3. The first-order chi connectivity index (χ1) is 9.13. The van der Waals surface area contributed by atoms with E-state index in [1.165, 1.54) is 19.3 Å². The lowest BCUT2D eigenvalue weighted by molar-refractivity contribution is 0.0563. The quantitative estimate of drug-likeness (QED) is 0.840. The summed E-state index contributed by atoms with van der Waals surface area (Å²) in [5.74, 6) is 1.28. The topological polar surface area (TPSA) is 46.1 Å². The third-order valence-corrected chi connectivity index (χ3v) is 4.06. The lowest BCUT2D eigenvalue weighted by Crippen LogP contribution is -2.45. The highest BCUT2D eigenvalue weighted by molar-refractivity contribution is 5.92. The minimum absolute atomic E-state index is 0.0479. The zero-order valence-corrected chi connectivity index (χ0v) is 12.1. The zero-order valence-electron chi connectivity index (χ0n) is 12.1. The molecular weight excluding hydrogens is 238 g/mol. The molecule has 1 aliphatic rings. The van der Waals surface area contributed by atoms with Crippen LogP contribution in [-0.4, -0.2) is 33.4 Å². The van der Waals surface area contributed by atoms with Crippen molar-refractivity contribution in [2.24, 2.45) is 5.92 Å². The van der Waals surface area contributed by atoms with Crippen LogP contribution in [0.2, 0.25) is 0 Å². The molecule has 1 aromatic rings. The van der Waals surface area contributed by atoms with Crippen LogP contribution in [0.15, 0.2) is 12.3 Å². The maximum Gasteiger partial charge on any atom is 0.272 e. The molecule has 0 N–H and O–H groups in total. The average molecular weight is 261 g/mol. The van der Waals surface area contributed by atoms with Gasteiger partial charge in [0.2, 0.25) is 0 Å². The monoisotopic (exact) mass is 261 g/mol. The maximum atomic E-state index is 12.6. The Morgan fingerprint density at radius 1 is 1.42 bits per heavy atom. The van der Waals surface area contributed by atoms with Gasteiger partial charge in [0.15, 0.2) is 0 Å². The predicted octanol–water partition coefficient (Wildman–Crippen LogP) is 2.83. The van der Waals surface area contributed by atoms with Crippen molar-refractivity contribution in [3.8, 4) is 0 Å². The third-order valence-electron chi connectivity index (χ3n) is 4.06. The Morgan fingerprint density at radius 2 is 2.16 bits per heavy atom. The van der Waals surface area contributed by atoms with E-state index < -0.39 is 0 Å². The molecule has 0 saturated heterocycles. The molecule has 0 aliphatic heterocycles. The van der Waals surface area contributed by atoms with Crippen molar-refractivity contribution >= 4 is 5.91 Å². The van der Waals surface area contributed by atoms with E-state index in [0.717, 1.165) is 13.0 Å². The van der Waals surface area contributed by atoms with Gasteiger partial charge in [0.25, 0.3) is 5.91 Å². The third kappa shape index (κ3) is 3.11. The fraction of sp³-hybridized carbons (Fsp3) is 0.667. The van der Waals surface area contributed by atoms with Gasteiger partial charge in [0.05, 0.1) is 0 Å². The van der Waals surface area contributed by atoms with E-state index in [1.54, 1.807) is 12.3 Å². The van der Waals surface area contributed by atoms with Crippen molar-refractivity contribution in [2.45, 2.75) is 52.5 Å². The first-order valence-corrected chi connectivity index (χ1v) is 7.24. The Kier molecular flexibility index (Phi) is 4.51. The highest BCUT2D eigenvalue weighted by atomic mass is 16.2. The Bertz CT molecular complexity index is 447. The Labute approximate surface area is 115 Å². The molecule has 1 amide bonds. The van der Waals surface area contributed by atoms with E-state index in [4.69, 9.17) is 0 Å². The predicted molar refractivity (Wildman–Crippen MR) is 74.9 cm³/mol. The van der Waals surface area contributed by atoms with Gasteiger partial charge < -0.3 is 4.90 Å². The SMILES string of the molecule is CCN(C(=O)c1ccnc(C)n1)[C@H]1CCCC[C@@H]1C. The van der Waals surface area contributed by atoms with Crippen LogP contribution in [0.5, 0.6) is 0 Å². The summed E-state index contributed by atoms with van der Waals surface area (Å²) in [6.07, 6.45) is 6.51. The van der Waals surface area contributed by atoms with Crippen LogP contribution in [0.3, 0.4) is 0 Å². The minimum Gasteiger partial charge on any atom is -0.334 e. The van der Waals surface area contributed by atoms with Crippen LogP contribution in [0.4, 0.5) is 0 Å². The first kappa shape index (κ1) is 14.0. The highest BCUT2D eigenvalue weighted by Gasteiger charge is 2.30. The summed E-state index contributed by atoms with van der Waals surface area (Å²) in [4.78, 5) is 22.9. The molecule has 104 valence electrons. The second kappa shape index (κ2) is 6.13. The van der Waals surface area contributed by atoms with E-state index in [9.17, 15) is 4.79 Å². The van der Waals surface area contributed by atoms with Crippen molar-refractivity contribution in [2.75, 3.05) is 6.54 Å². The van der Waals surface area contributed by atoms with Crippen LogP contribution in [0, 0.1) is 12.8 Å². The van der Waals surface area contributed by atoms with Crippen LogP contribution in [0.1, 0.15) is 55.8 Å². The number of amides is 1. The largest absolute Gasteiger partial charge is 0.334 e. The molecule has 19 heavy (non-hydrogen) atoms. The summed E-state index contributed by atoms with van der Waals surface area (Å²) in [6.45, 7) is 6.87. The van der Waals surface area contributed by atoms with E-state index in [-0.39, 0.29) is 5.91 Å². The van der Waals surface area contributed by atoms with E-state index in [2.05, 4.69) is 16.9 Å². The number of hydrogen-bond acceptors (Lipinski definition) is 3. The maximum absolute atomic E-state index is 12.6. The van der Waals surface area contributed by atoms with E-state index >= 15 is 0 Å². The summed E-state index contributed by atoms with van der Waals surface area (Å²) in [6, 6.07) is 2.08. The number of aryl methyl sites for hydroxylation is 1. The number of rotatable bonds is 3. The number of aromatic nitrogens is 2. The molecule has 0 radical (unpaired) electrons. The van der Waals surface area contributed by atoms with Crippen molar-refractivity contribution in [1.29, 1.82) is 0 Å². The fourth-order valence-corrected chi connectivity index (χ4v) is 3.01. The second-order valence-corrected chi connectivity index (χ2v) is 5.41. The van der Waals surface area contributed by atoms with Crippen LogP contribution in [0.25, 0.3) is 0 Å². The first-order valence-electron chi connectivity index (χ1n) is 7.24. The van der Waals surface area contributed by atoms with Crippen LogP contribution < -0.4 is 0 Å². The number of carbonyl (C=O) groups is 1. The lowest BCUT2D eigenvalue weighted by Gasteiger charge is -2.38. The molecular formula is C15H23N3O. The van der Waals surface area contributed by atoms with Crippen molar-refractivity contribution in [3.05, 3.63) is 23.8 Å². The Morgan fingerprint density at radius 3 is 2.79 bits per heavy atom. The smallest absolute Gasteiger partial charge is 0.272 e.